The van der Waals surface area contributed by atoms with Gasteiger partial charge in [0.2, 0.25) is 0 Å². The van der Waals surface area contributed by atoms with E-state index in [2.05, 4.69) is 14.5 Å². The van der Waals surface area contributed by atoms with E-state index in [4.69, 9.17) is 4.74 Å². The molecule has 0 radical (unpaired) electrons. The van der Waals surface area contributed by atoms with Gasteiger partial charge in [-0.1, -0.05) is 0 Å². The third-order valence-electron chi connectivity index (χ3n) is 5.30. The minimum absolute atomic E-state index is 0.0638. The number of nitrogens with zero attached hydrogens (tertiary/aromatic N) is 2. The SMILES string of the molecule is O=c1ccn(C2CCC(COCC(F)(F)F)CC2)c2c1cnc1[nH]ccc12. The van der Waals surface area contributed by atoms with Gasteiger partial charge in [-0.15, -0.1) is 0 Å². The van der Waals surface area contributed by atoms with Crippen LogP contribution in [0.5, 0.6) is 0 Å². The van der Waals surface area contributed by atoms with Crippen molar-refractivity contribution in [3.8, 4) is 0 Å². The van der Waals surface area contributed by atoms with E-state index in [-0.39, 0.29) is 24.0 Å². The van der Waals surface area contributed by atoms with Crippen LogP contribution in [0.3, 0.4) is 0 Å². The van der Waals surface area contributed by atoms with Crippen LogP contribution in [0.25, 0.3) is 21.9 Å². The summed E-state index contributed by atoms with van der Waals surface area (Å²) < 4.78 is 43.6. The van der Waals surface area contributed by atoms with Gasteiger partial charge in [0.15, 0.2) is 5.43 Å². The Balaban J connectivity index is 1.53. The number of aromatic amines is 1. The van der Waals surface area contributed by atoms with E-state index >= 15 is 0 Å². The average molecular weight is 379 g/mol. The first-order chi connectivity index (χ1) is 12.9. The number of aromatic nitrogens is 3. The highest BCUT2D eigenvalue weighted by Gasteiger charge is 2.29. The Morgan fingerprint density at radius 1 is 1.19 bits per heavy atom. The molecule has 27 heavy (non-hydrogen) atoms. The minimum atomic E-state index is -4.28. The summed E-state index contributed by atoms with van der Waals surface area (Å²) >= 11 is 0. The lowest BCUT2D eigenvalue weighted by molar-refractivity contribution is -0.177. The van der Waals surface area contributed by atoms with E-state index in [0.29, 0.717) is 5.39 Å². The third-order valence-corrected chi connectivity index (χ3v) is 5.30. The maximum absolute atomic E-state index is 12.3. The maximum Gasteiger partial charge on any atom is 0.411 e. The molecule has 0 amide bonds. The van der Waals surface area contributed by atoms with Gasteiger partial charge in [0, 0.05) is 42.7 Å². The standard InChI is InChI=1S/C19H20F3N3O2/c20-19(21,22)11-27-10-12-1-3-13(4-2-12)25-8-6-16(26)15-9-24-18-14(17(15)25)5-7-23-18/h5-9,12-13H,1-4,10-11H2,(H,23,24). The van der Waals surface area contributed by atoms with Crippen molar-refractivity contribution < 1.29 is 17.9 Å². The van der Waals surface area contributed by atoms with E-state index in [0.717, 1.165) is 42.2 Å². The summed E-state index contributed by atoms with van der Waals surface area (Å²) in [6.07, 6.45) is 4.23. The molecule has 1 aliphatic rings. The van der Waals surface area contributed by atoms with E-state index in [1.807, 2.05) is 12.3 Å². The predicted octanol–water partition coefficient (Wildman–Crippen LogP) is 4.19. The summed E-state index contributed by atoms with van der Waals surface area (Å²) in [6, 6.07) is 3.67. The number of pyridine rings is 2. The van der Waals surface area contributed by atoms with Crippen molar-refractivity contribution in [1.29, 1.82) is 0 Å². The molecule has 8 heteroatoms. The molecule has 0 aromatic carbocycles. The molecule has 1 saturated carbocycles. The van der Waals surface area contributed by atoms with Crippen LogP contribution in [-0.2, 0) is 4.74 Å². The van der Waals surface area contributed by atoms with Crippen LogP contribution in [0.2, 0.25) is 0 Å². The highest BCUT2D eigenvalue weighted by Crippen LogP contribution is 2.35. The topological polar surface area (TPSA) is 59.9 Å². The molecule has 0 aliphatic heterocycles. The van der Waals surface area contributed by atoms with Crippen LogP contribution < -0.4 is 5.43 Å². The van der Waals surface area contributed by atoms with Crippen LogP contribution >= 0.6 is 0 Å². The molecule has 0 bridgehead atoms. The molecule has 3 aromatic rings. The Bertz CT molecular complexity index is 1000. The molecule has 1 fully saturated rings. The maximum atomic E-state index is 12.3. The van der Waals surface area contributed by atoms with Crippen molar-refractivity contribution >= 4 is 21.9 Å². The van der Waals surface area contributed by atoms with Crippen molar-refractivity contribution in [2.75, 3.05) is 13.2 Å². The molecule has 3 aromatic heterocycles. The van der Waals surface area contributed by atoms with E-state index < -0.39 is 12.8 Å². The lowest BCUT2D eigenvalue weighted by Gasteiger charge is -2.31. The number of rotatable bonds is 4. The van der Waals surface area contributed by atoms with Crippen molar-refractivity contribution in [1.82, 2.24) is 14.5 Å². The number of ether oxygens (including phenoxy) is 1. The van der Waals surface area contributed by atoms with Gasteiger partial charge in [0.05, 0.1) is 10.9 Å². The van der Waals surface area contributed by atoms with Crippen LogP contribution in [0.15, 0.2) is 35.5 Å². The highest BCUT2D eigenvalue weighted by atomic mass is 19.4. The van der Waals surface area contributed by atoms with Gasteiger partial charge < -0.3 is 14.3 Å². The fourth-order valence-electron chi connectivity index (χ4n) is 4.00. The van der Waals surface area contributed by atoms with Crippen LogP contribution in [0.1, 0.15) is 31.7 Å². The van der Waals surface area contributed by atoms with Crippen LogP contribution in [0.4, 0.5) is 13.2 Å². The Hall–Kier alpha value is -2.35. The van der Waals surface area contributed by atoms with Gasteiger partial charge in [0.1, 0.15) is 12.3 Å². The molecule has 3 heterocycles. The second-order valence-electron chi connectivity index (χ2n) is 7.15. The lowest BCUT2D eigenvalue weighted by Crippen LogP contribution is -2.25. The third kappa shape index (κ3) is 3.71. The van der Waals surface area contributed by atoms with Crippen LogP contribution in [-0.4, -0.2) is 33.9 Å². The van der Waals surface area contributed by atoms with Gasteiger partial charge in [-0.25, -0.2) is 4.98 Å². The van der Waals surface area contributed by atoms with Gasteiger partial charge in [-0.2, -0.15) is 13.2 Å². The average Bonchev–Trinajstić information content (AvgIpc) is 3.11. The first-order valence-corrected chi connectivity index (χ1v) is 9.04. The zero-order valence-corrected chi connectivity index (χ0v) is 14.6. The molecule has 0 atom stereocenters. The first-order valence-electron chi connectivity index (χ1n) is 9.04. The van der Waals surface area contributed by atoms with Crippen molar-refractivity contribution in [2.24, 2.45) is 5.92 Å². The number of fused-ring (bicyclic) bond motifs is 3. The van der Waals surface area contributed by atoms with E-state index in [1.54, 1.807) is 18.5 Å². The summed E-state index contributed by atoms with van der Waals surface area (Å²) in [5.74, 6) is 0.142. The second kappa shape index (κ2) is 6.99. The van der Waals surface area contributed by atoms with Crippen molar-refractivity contribution in [2.45, 2.75) is 37.9 Å². The van der Waals surface area contributed by atoms with E-state index in [1.165, 1.54) is 0 Å². The van der Waals surface area contributed by atoms with E-state index in [9.17, 15) is 18.0 Å². The number of halogens is 3. The van der Waals surface area contributed by atoms with Gasteiger partial charge in [0.25, 0.3) is 0 Å². The first kappa shape index (κ1) is 18.0. The smallest absolute Gasteiger partial charge is 0.372 e. The zero-order valence-electron chi connectivity index (χ0n) is 14.6. The van der Waals surface area contributed by atoms with Gasteiger partial charge >= 0.3 is 6.18 Å². The summed E-state index contributed by atoms with van der Waals surface area (Å²) in [7, 11) is 0. The van der Waals surface area contributed by atoms with Gasteiger partial charge in [-0.05, 0) is 37.7 Å². The molecule has 5 nitrogen and oxygen atoms in total. The normalized spacial score (nSPS) is 21.1. The van der Waals surface area contributed by atoms with Crippen molar-refractivity contribution in [3.63, 3.8) is 0 Å². The second-order valence-corrected chi connectivity index (χ2v) is 7.15. The highest BCUT2D eigenvalue weighted by molar-refractivity contribution is 6.02. The molecule has 144 valence electrons. The summed E-state index contributed by atoms with van der Waals surface area (Å²) in [5, 5.41) is 1.49. The number of hydrogen-bond acceptors (Lipinski definition) is 3. The summed E-state index contributed by atoms with van der Waals surface area (Å²) in [5.41, 5.74) is 1.53. The fraction of sp³-hybridized carbons (Fsp3) is 0.474. The molecular weight excluding hydrogens is 359 g/mol. The summed E-state index contributed by atoms with van der Waals surface area (Å²) in [4.78, 5) is 19.6. The van der Waals surface area contributed by atoms with Crippen LogP contribution in [0, 0.1) is 5.92 Å². The number of hydrogen-bond donors (Lipinski definition) is 1. The Labute approximate surface area is 153 Å². The predicted molar refractivity (Wildman–Crippen MR) is 95.7 cm³/mol. The summed E-state index contributed by atoms with van der Waals surface area (Å²) in [6.45, 7) is -1.04. The Morgan fingerprint density at radius 2 is 1.96 bits per heavy atom. The molecule has 0 unspecified atom stereocenters. The Kier molecular flexibility index (Phi) is 4.67. The molecule has 0 saturated heterocycles. The quantitative estimate of drug-likeness (QED) is 0.740. The largest absolute Gasteiger partial charge is 0.411 e. The van der Waals surface area contributed by atoms with Gasteiger partial charge in [-0.3, -0.25) is 4.79 Å². The Morgan fingerprint density at radius 3 is 2.70 bits per heavy atom. The molecule has 0 spiro atoms. The fourth-order valence-corrected chi connectivity index (χ4v) is 4.00. The lowest BCUT2D eigenvalue weighted by atomic mass is 9.86. The molecule has 1 N–H and O–H groups in total. The zero-order chi connectivity index (χ0) is 19.0. The molecular formula is C19H20F3N3O2. The number of nitrogens with one attached hydrogen (secondary N) is 1. The van der Waals surface area contributed by atoms with Crippen molar-refractivity contribution in [3.05, 3.63) is 40.9 Å². The molecule has 1 aliphatic carbocycles. The molecule has 4 rings (SSSR count). The number of alkyl halides is 3. The monoisotopic (exact) mass is 379 g/mol. The minimum Gasteiger partial charge on any atom is -0.372 e. The number of H-pyrrole nitrogens is 1.